The quantitative estimate of drug-likeness (QED) is 0.363. The molecule has 1 aromatic carbocycles. The molecule has 0 N–H and O–H groups in total. The summed E-state index contributed by atoms with van der Waals surface area (Å²) in [6.07, 6.45) is 12.2. The van der Waals surface area contributed by atoms with Crippen molar-refractivity contribution in [3.63, 3.8) is 0 Å². The minimum Gasteiger partial charge on any atom is -0.481 e. The Bertz CT molecular complexity index is 861. The fourth-order valence-electron chi connectivity index (χ4n) is 4.99. The smallest absolute Gasteiger partial charge is 0.254 e. The van der Waals surface area contributed by atoms with E-state index in [-0.39, 0.29) is 42.1 Å². The van der Waals surface area contributed by atoms with Crippen LogP contribution in [0.2, 0.25) is 0 Å². The molecule has 5 nitrogen and oxygen atoms in total. The zero-order chi connectivity index (χ0) is 17.8. The molecule has 0 aromatic heterocycles. The molecule has 1 saturated heterocycles. The zero-order valence-corrected chi connectivity index (χ0v) is 14.1. The highest BCUT2D eigenvalue weighted by Gasteiger charge is 2.67. The van der Waals surface area contributed by atoms with Crippen LogP contribution in [-0.2, 0) is 9.59 Å². The van der Waals surface area contributed by atoms with Gasteiger partial charge < -0.3 is 4.74 Å². The number of nitrogens with zero attached hydrogens (tertiary/aromatic N) is 2. The average Bonchev–Trinajstić information content (AvgIpc) is 3.44. The third kappa shape index (κ3) is 2.15. The van der Waals surface area contributed by atoms with Crippen LogP contribution in [0.4, 0.5) is 0 Å². The second kappa shape index (κ2) is 5.57. The number of hydrogen-bond donors (Lipinski definition) is 0. The summed E-state index contributed by atoms with van der Waals surface area (Å²) in [4.78, 5) is 25.7. The lowest BCUT2D eigenvalue weighted by Crippen LogP contribution is -2.40. The lowest BCUT2D eigenvalue weighted by Gasteiger charge is -2.37. The van der Waals surface area contributed by atoms with Crippen molar-refractivity contribution in [3.05, 3.63) is 42.0 Å². The van der Waals surface area contributed by atoms with Crippen LogP contribution in [0, 0.1) is 47.9 Å². The Kier molecular flexibility index (Phi) is 3.30. The van der Waals surface area contributed by atoms with Crippen molar-refractivity contribution in [3.8, 4) is 18.1 Å². The number of hydrogen-bond acceptors (Lipinski definition) is 4. The van der Waals surface area contributed by atoms with Gasteiger partial charge in [-0.1, -0.05) is 30.2 Å². The molecule has 26 heavy (non-hydrogen) atoms. The van der Waals surface area contributed by atoms with Gasteiger partial charge in [0.25, 0.3) is 11.8 Å². The van der Waals surface area contributed by atoms with Gasteiger partial charge in [-0.3, -0.25) is 9.59 Å². The summed E-state index contributed by atoms with van der Waals surface area (Å²) >= 11 is 0. The van der Waals surface area contributed by atoms with E-state index in [1.54, 1.807) is 12.1 Å². The number of ether oxygens (including phenoxy) is 1. The first-order valence-electron chi connectivity index (χ1n) is 8.95. The van der Waals surface area contributed by atoms with E-state index in [4.69, 9.17) is 11.2 Å². The van der Waals surface area contributed by atoms with Gasteiger partial charge in [0.15, 0.2) is 0 Å². The lowest BCUT2D eigenvalue weighted by atomic mass is 9.63. The number of benzene rings is 1. The first-order chi connectivity index (χ1) is 12.7. The van der Waals surface area contributed by atoms with Crippen LogP contribution in [0.15, 0.2) is 41.5 Å². The van der Waals surface area contributed by atoms with Crippen molar-refractivity contribution in [2.75, 3.05) is 6.61 Å². The van der Waals surface area contributed by atoms with Crippen molar-refractivity contribution in [2.45, 2.75) is 6.42 Å². The molecule has 0 spiro atoms. The topological polar surface area (TPSA) is 59.0 Å². The number of allylic oxidation sites excluding steroid dienone is 2. The Morgan fingerprint density at radius 2 is 1.88 bits per heavy atom. The highest BCUT2D eigenvalue weighted by atomic mass is 16.5. The van der Waals surface area contributed by atoms with E-state index in [9.17, 15) is 9.59 Å². The van der Waals surface area contributed by atoms with Gasteiger partial charge in [0.2, 0.25) is 0 Å². The molecule has 5 aliphatic rings. The Hall–Kier alpha value is -2.87. The number of rotatable bonds is 4. The van der Waals surface area contributed by atoms with Crippen molar-refractivity contribution in [2.24, 2.45) is 40.6 Å². The molecule has 130 valence electrons. The predicted octanol–water partition coefficient (Wildman–Crippen LogP) is 2.09. The molecule has 6 unspecified atom stereocenters. The summed E-state index contributed by atoms with van der Waals surface area (Å²) in [5.41, 5.74) is 0.749. The summed E-state index contributed by atoms with van der Waals surface area (Å²) < 4.78 is 5.39. The molecule has 3 fully saturated rings. The van der Waals surface area contributed by atoms with Crippen LogP contribution in [0.1, 0.15) is 12.0 Å². The van der Waals surface area contributed by atoms with Crippen LogP contribution < -0.4 is 4.74 Å². The van der Waals surface area contributed by atoms with Crippen molar-refractivity contribution in [1.29, 1.82) is 0 Å². The minimum atomic E-state index is -0.219. The molecule has 4 aliphatic carbocycles. The zero-order valence-electron chi connectivity index (χ0n) is 14.1. The minimum absolute atomic E-state index is 0.152. The molecule has 2 bridgehead atoms. The van der Waals surface area contributed by atoms with Gasteiger partial charge in [-0.15, -0.1) is 6.42 Å². The maximum Gasteiger partial charge on any atom is 0.254 e. The third-order valence-electron chi connectivity index (χ3n) is 6.14. The molecule has 1 aromatic rings. The number of terminal acetylenes is 1. The standard InChI is InChI=1S/C21H18N2O3/c1-2-8-26-13-5-3-4-12(9-13)11-22-23-20(24)18-14-6-7-15(17-10-16(14)17)19(18)21(23)25/h1,3-7,9,11,14-19H,8,10H2/b22-11+. The first kappa shape index (κ1) is 15.4. The number of hydrazone groups is 1. The highest BCUT2D eigenvalue weighted by molar-refractivity contribution is 6.06. The predicted molar refractivity (Wildman–Crippen MR) is 94.9 cm³/mol. The molecule has 1 heterocycles. The van der Waals surface area contributed by atoms with Crippen molar-refractivity contribution >= 4 is 18.0 Å². The summed E-state index contributed by atoms with van der Waals surface area (Å²) in [5, 5.41) is 5.31. The lowest BCUT2D eigenvalue weighted by molar-refractivity contribution is -0.140. The summed E-state index contributed by atoms with van der Waals surface area (Å²) in [6, 6.07) is 7.23. The largest absolute Gasteiger partial charge is 0.481 e. The van der Waals surface area contributed by atoms with E-state index in [2.05, 4.69) is 23.2 Å². The molecule has 5 heteroatoms. The van der Waals surface area contributed by atoms with Crippen LogP contribution in [0.25, 0.3) is 0 Å². The molecule has 0 radical (unpaired) electrons. The van der Waals surface area contributed by atoms with E-state index in [0.717, 1.165) is 17.0 Å². The van der Waals surface area contributed by atoms with Gasteiger partial charge in [-0.05, 0) is 47.8 Å². The Morgan fingerprint density at radius 3 is 2.54 bits per heavy atom. The van der Waals surface area contributed by atoms with Gasteiger partial charge in [-0.2, -0.15) is 10.1 Å². The molecule has 6 atom stereocenters. The van der Waals surface area contributed by atoms with Gasteiger partial charge in [-0.25, -0.2) is 0 Å². The first-order valence-corrected chi connectivity index (χ1v) is 8.95. The number of carbonyl (C=O) groups is 2. The summed E-state index contributed by atoms with van der Waals surface area (Å²) in [6.45, 7) is 0.186. The average molecular weight is 346 g/mol. The molecule has 2 saturated carbocycles. The molecular weight excluding hydrogens is 328 g/mol. The monoisotopic (exact) mass is 346 g/mol. The molecule has 6 rings (SSSR count). The summed E-state index contributed by atoms with van der Waals surface area (Å²) in [7, 11) is 0. The van der Waals surface area contributed by atoms with Gasteiger partial charge in [0, 0.05) is 0 Å². The van der Waals surface area contributed by atoms with Crippen LogP contribution in [0.3, 0.4) is 0 Å². The third-order valence-corrected chi connectivity index (χ3v) is 6.14. The van der Waals surface area contributed by atoms with Crippen molar-refractivity contribution < 1.29 is 14.3 Å². The SMILES string of the molecule is C#CCOc1cccc(/C=N/N2C(=O)C3C4C=CC(C5CC45)C3C2=O)c1. The number of imide groups is 1. The Labute approximate surface area is 151 Å². The second-order valence-electron chi connectivity index (χ2n) is 7.45. The number of carbonyl (C=O) groups excluding carboxylic acids is 2. The molecular formula is C21H18N2O3. The van der Waals surface area contributed by atoms with E-state index >= 15 is 0 Å². The van der Waals surface area contributed by atoms with Gasteiger partial charge in [0.05, 0.1) is 18.1 Å². The molecule has 1 aliphatic heterocycles. The number of amides is 2. The Balaban J connectivity index is 1.37. The summed E-state index contributed by atoms with van der Waals surface area (Å²) in [5.74, 6) is 3.92. The van der Waals surface area contributed by atoms with E-state index in [0.29, 0.717) is 17.6 Å². The van der Waals surface area contributed by atoms with Crippen molar-refractivity contribution in [1.82, 2.24) is 5.01 Å². The fourth-order valence-corrected chi connectivity index (χ4v) is 4.99. The Morgan fingerprint density at radius 1 is 1.19 bits per heavy atom. The van der Waals surface area contributed by atoms with E-state index in [1.165, 1.54) is 6.21 Å². The van der Waals surface area contributed by atoms with Crippen LogP contribution >= 0.6 is 0 Å². The highest BCUT2D eigenvalue weighted by Crippen LogP contribution is 2.65. The van der Waals surface area contributed by atoms with Gasteiger partial charge in [0.1, 0.15) is 12.4 Å². The maximum atomic E-state index is 12.8. The second-order valence-corrected chi connectivity index (χ2v) is 7.45. The fraction of sp³-hybridized carbons (Fsp3) is 0.381. The maximum absolute atomic E-state index is 12.8. The van der Waals surface area contributed by atoms with Gasteiger partial charge >= 0.3 is 0 Å². The van der Waals surface area contributed by atoms with Crippen LogP contribution in [0.5, 0.6) is 5.75 Å². The molecule has 2 amide bonds. The van der Waals surface area contributed by atoms with E-state index < -0.39 is 0 Å². The van der Waals surface area contributed by atoms with Crippen LogP contribution in [-0.4, -0.2) is 29.6 Å². The van der Waals surface area contributed by atoms with E-state index in [1.807, 2.05) is 12.1 Å². The normalized spacial score (nSPS) is 36.2.